The number of hydrogen-bond acceptors (Lipinski definition) is 3. The van der Waals surface area contributed by atoms with Crippen molar-refractivity contribution in [2.75, 3.05) is 26.2 Å². The second-order valence-corrected chi connectivity index (χ2v) is 7.67. The minimum absolute atomic E-state index is 0.436. The monoisotopic (exact) mass is 278 g/mol. The third kappa shape index (κ3) is 2.42. The molecule has 3 unspecified atom stereocenters. The Balaban J connectivity index is 1.26. The topological polar surface area (TPSA) is 24.5 Å². The molecule has 0 bridgehead atoms. The molecule has 114 valence electrons. The van der Waals surface area contributed by atoms with Crippen LogP contribution in [0.5, 0.6) is 0 Å². The van der Waals surface area contributed by atoms with Crippen LogP contribution in [0.1, 0.15) is 57.8 Å². The van der Waals surface area contributed by atoms with Gasteiger partial charge in [-0.3, -0.25) is 4.90 Å². The number of ether oxygens (including phenoxy) is 1. The highest BCUT2D eigenvalue weighted by Gasteiger charge is 2.46. The summed E-state index contributed by atoms with van der Waals surface area (Å²) in [7, 11) is 0. The first-order valence-electron chi connectivity index (χ1n) is 8.95. The Labute approximate surface area is 123 Å². The zero-order valence-electron chi connectivity index (χ0n) is 12.8. The first-order valence-corrected chi connectivity index (χ1v) is 8.95. The minimum atomic E-state index is 0.436. The third-order valence-corrected chi connectivity index (χ3v) is 6.57. The summed E-state index contributed by atoms with van der Waals surface area (Å²) in [6.45, 7) is 4.52. The van der Waals surface area contributed by atoms with Crippen LogP contribution >= 0.6 is 0 Å². The van der Waals surface area contributed by atoms with Crippen molar-refractivity contribution in [3.8, 4) is 0 Å². The van der Waals surface area contributed by atoms with E-state index in [1.54, 1.807) is 0 Å². The molecule has 0 amide bonds. The Morgan fingerprint density at radius 1 is 1.05 bits per heavy atom. The van der Waals surface area contributed by atoms with Crippen molar-refractivity contribution in [3.05, 3.63) is 0 Å². The van der Waals surface area contributed by atoms with Gasteiger partial charge in [-0.05, 0) is 50.5 Å². The molecule has 4 fully saturated rings. The largest absolute Gasteiger partial charge is 0.374 e. The first-order chi connectivity index (χ1) is 9.86. The maximum absolute atomic E-state index is 6.08. The summed E-state index contributed by atoms with van der Waals surface area (Å²) >= 11 is 0. The lowest BCUT2D eigenvalue weighted by Crippen LogP contribution is -2.57. The van der Waals surface area contributed by atoms with Gasteiger partial charge in [0.1, 0.15) is 0 Å². The van der Waals surface area contributed by atoms with Crippen LogP contribution in [0.4, 0.5) is 0 Å². The van der Waals surface area contributed by atoms with Crippen LogP contribution in [0.3, 0.4) is 0 Å². The van der Waals surface area contributed by atoms with Crippen molar-refractivity contribution in [3.63, 3.8) is 0 Å². The van der Waals surface area contributed by atoms with E-state index in [9.17, 15) is 0 Å². The van der Waals surface area contributed by atoms with Crippen LogP contribution in [-0.2, 0) is 4.74 Å². The SMILES string of the molecule is C1CCC2(CC1)CCC2NCC1CN2CCCC2CO1. The van der Waals surface area contributed by atoms with E-state index in [0.29, 0.717) is 11.5 Å². The standard InChI is InChI=1S/C17H30N2O/c1-2-7-17(8-3-1)9-6-16(17)18-11-15-12-19-10-4-5-14(19)13-20-15/h14-16,18H,1-13H2. The average molecular weight is 278 g/mol. The summed E-state index contributed by atoms with van der Waals surface area (Å²) in [4.78, 5) is 2.66. The fraction of sp³-hybridized carbons (Fsp3) is 1.00. The molecular weight excluding hydrogens is 248 g/mol. The smallest absolute Gasteiger partial charge is 0.0827 e. The van der Waals surface area contributed by atoms with Gasteiger partial charge in [0, 0.05) is 25.2 Å². The lowest BCUT2D eigenvalue weighted by atomic mass is 9.57. The van der Waals surface area contributed by atoms with Crippen LogP contribution in [-0.4, -0.2) is 49.3 Å². The molecule has 0 aromatic heterocycles. The molecule has 3 nitrogen and oxygen atoms in total. The molecule has 0 aromatic carbocycles. The quantitative estimate of drug-likeness (QED) is 0.858. The van der Waals surface area contributed by atoms with Gasteiger partial charge in [-0.25, -0.2) is 0 Å². The van der Waals surface area contributed by atoms with Crippen molar-refractivity contribution < 1.29 is 4.74 Å². The predicted molar refractivity (Wildman–Crippen MR) is 80.9 cm³/mol. The Morgan fingerprint density at radius 2 is 1.95 bits per heavy atom. The van der Waals surface area contributed by atoms with Crippen LogP contribution in [0.15, 0.2) is 0 Å². The van der Waals surface area contributed by atoms with Crippen molar-refractivity contribution in [2.45, 2.75) is 76.0 Å². The number of nitrogens with zero attached hydrogens (tertiary/aromatic N) is 1. The zero-order valence-corrected chi connectivity index (χ0v) is 12.8. The number of morpholine rings is 1. The van der Waals surface area contributed by atoms with Gasteiger partial charge >= 0.3 is 0 Å². The number of hydrogen-bond donors (Lipinski definition) is 1. The van der Waals surface area contributed by atoms with Gasteiger partial charge in [-0.2, -0.15) is 0 Å². The van der Waals surface area contributed by atoms with E-state index >= 15 is 0 Å². The highest BCUT2D eigenvalue weighted by Crippen LogP contribution is 2.51. The summed E-state index contributed by atoms with van der Waals surface area (Å²) in [5, 5.41) is 3.88. The fourth-order valence-corrected chi connectivity index (χ4v) is 5.15. The molecule has 4 rings (SSSR count). The average Bonchev–Trinajstić information content (AvgIpc) is 2.95. The lowest BCUT2D eigenvalue weighted by Gasteiger charge is -2.53. The summed E-state index contributed by atoms with van der Waals surface area (Å²) < 4.78 is 6.08. The zero-order chi connectivity index (χ0) is 13.4. The highest BCUT2D eigenvalue weighted by molar-refractivity contribution is 5.02. The highest BCUT2D eigenvalue weighted by atomic mass is 16.5. The van der Waals surface area contributed by atoms with Gasteiger partial charge in [0.15, 0.2) is 0 Å². The summed E-state index contributed by atoms with van der Waals surface area (Å²) in [5.41, 5.74) is 0.684. The number of nitrogens with one attached hydrogen (secondary N) is 1. The second-order valence-electron chi connectivity index (χ2n) is 7.67. The Bertz CT molecular complexity index is 340. The molecule has 2 saturated carbocycles. The van der Waals surface area contributed by atoms with Crippen LogP contribution in [0.2, 0.25) is 0 Å². The van der Waals surface area contributed by atoms with Crippen molar-refractivity contribution in [1.82, 2.24) is 10.2 Å². The van der Waals surface area contributed by atoms with E-state index in [2.05, 4.69) is 10.2 Å². The molecule has 2 saturated heterocycles. The van der Waals surface area contributed by atoms with Gasteiger partial charge in [0.2, 0.25) is 0 Å². The van der Waals surface area contributed by atoms with E-state index < -0.39 is 0 Å². The van der Waals surface area contributed by atoms with E-state index in [1.807, 2.05) is 0 Å². The van der Waals surface area contributed by atoms with Crippen molar-refractivity contribution in [1.29, 1.82) is 0 Å². The van der Waals surface area contributed by atoms with Crippen LogP contribution in [0, 0.1) is 5.41 Å². The molecule has 0 radical (unpaired) electrons. The summed E-state index contributed by atoms with van der Waals surface area (Å²) in [6.07, 6.45) is 13.4. The first kappa shape index (κ1) is 13.5. The maximum atomic E-state index is 6.08. The molecule has 1 spiro atoms. The normalized spacial score (nSPS) is 40.5. The molecule has 1 N–H and O–H groups in total. The van der Waals surface area contributed by atoms with Crippen molar-refractivity contribution in [2.24, 2.45) is 5.41 Å². The maximum Gasteiger partial charge on any atom is 0.0827 e. The summed E-state index contributed by atoms with van der Waals surface area (Å²) in [5.74, 6) is 0. The van der Waals surface area contributed by atoms with Crippen LogP contribution in [0.25, 0.3) is 0 Å². The van der Waals surface area contributed by atoms with Gasteiger partial charge in [-0.1, -0.05) is 19.3 Å². The van der Waals surface area contributed by atoms with E-state index in [4.69, 9.17) is 4.74 Å². The van der Waals surface area contributed by atoms with E-state index in [1.165, 1.54) is 64.3 Å². The second kappa shape index (κ2) is 5.58. The van der Waals surface area contributed by atoms with Gasteiger partial charge in [0.05, 0.1) is 12.7 Å². The molecular formula is C17H30N2O. The fourth-order valence-electron chi connectivity index (χ4n) is 5.15. The van der Waals surface area contributed by atoms with Crippen LogP contribution < -0.4 is 5.32 Å². The summed E-state index contributed by atoms with van der Waals surface area (Å²) in [6, 6.07) is 1.53. The van der Waals surface area contributed by atoms with Gasteiger partial charge in [-0.15, -0.1) is 0 Å². The van der Waals surface area contributed by atoms with Gasteiger partial charge in [0.25, 0.3) is 0 Å². The molecule has 2 aliphatic carbocycles. The minimum Gasteiger partial charge on any atom is -0.374 e. The van der Waals surface area contributed by atoms with E-state index in [0.717, 1.165) is 31.8 Å². The molecule has 20 heavy (non-hydrogen) atoms. The van der Waals surface area contributed by atoms with E-state index in [-0.39, 0.29) is 0 Å². The number of rotatable bonds is 3. The lowest BCUT2D eigenvalue weighted by molar-refractivity contribution is -0.0560. The molecule has 2 heterocycles. The number of fused-ring (bicyclic) bond motifs is 1. The Kier molecular flexibility index (Phi) is 3.78. The molecule has 0 aromatic rings. The molecule has 2 aliphatic heterocycles. The Morgan fingerprint density at radius 3 is 2.75 bits per heavy atom. The molecule has 3 atom stereocenters. The molecule has 4 aliphatic rings. The van der Waals surface area contributed by atoms with Gasteiger partial charge < -0.3 is 10.1 Å². The third-order valence-electron chi connectivity index (χ3n) is 6.57. The Hall–Kier alpha value is -0.120. The predicted octanol–water partition coefficient (Wildman–Crippen LogP) is 2.55. The van der Waals surface area contributed by atoms with Crippen molar-refractivity contribution >= 4 is 0 Å². The molecule has 3 heteroatoms.